The molecule has 0 saturated heterocycles. The Morgan fingerprint density at radius 3 is 2.53 bits per heavy atom. The lowest BCUT2D eigenvalue weighted by atomic mass is 10.1. The van der Waals surface area contributed by atoms with Crippen molar-refractivity contribution in [3.8, 4) is 0 Å². The van der Waals surface area contributed by atoms with Crippen molar-refractivity contribution in [3.63, 3.8) is 0 Å². The molecule has 0 aliphatic carbocycles. The number of hydrogen-bond donors (Lipinski definition) is 1. The lowest BCUT2D eigenvalue weighted by Gasteiger charge is -1.99. The Labute approximate surface area is 116 Å². The number of allylic oxidation sites excluding steroid dienone is 5. The standard InChI is InChI=1S/C16H26O3/c1-3-19-16(18)14-12-10-8-6-4-5-7-9-11-13-15(2)17/h5,7-8,10,12,14-15,17H,3-4,6,9,11,13H2,1-2H3/t15-/m0/s1. The van der Waals surface area contributed by atoms with E-state index in [-0.39, 0.29) is 12.1 Å². The Bertz CT molecular complexity index is 301. The van der Waals surface area contributed by atoms with Crippen molar-refractivity contribution >= 4 is 5.97 Å². The molecule has 0 aromatic heterocycles. The summed E-state index contributed by atoms with van der Waals surface area (Å²) in [6.07, 6.45) is 16.0. The van der Waals surface area contributed by atoms with Crippen molar-refractivity contribution in [1.82, 2.24) is 0 Å². The van der Waals surface area contributed by atoms with Gasteiger partial charge in [0.25, 0.3) is 0 Å². The van der Waals surface area contributed by atoms with Gasteiger partial charge in [-0.3, -0.25) is 0 Å². The van der Waals surface area contributed by atoms with E-state index >= 15 is 0 Å². The number of carbonyl (C=O) groups is 1. The fraction of sp³-hybridized carbons (Fsp3) is 0.562. The van der Waals surface area contributed by atoms with Crippen LogP contribution in [0.25, 0.3) is 0 Å². The highest BCUT2D eigenvalue weighted by molar-refractivity contribution is 5.82. The fourth-order valence-corrected chi connectivity index (χ4v) is 1.46. The van der Waals surface area contributed by atoms with Crippen LogP contribution in [-0.4, -0.2) is 23.8 Å². The first-order valence-electron chi connectivity index (χ1n) is 6.99. The summed E-state index contributed by atoms with van der Waals surface area (Å²) < 4.78 is 4.75. The maximum atomic E-state index is 11.0. The van der Waals surface area contributed by atoms with Crippen LogP contribution >= 0.6 is 0 Å². The van der Waals surface area contributed by atoms with Crippen LogP contribution in [0.15, 0.2) is 36.5 Å². The summed E-state index contributed by atoms with van der Waals surface area (Å²) in [6.45, 7) is 4.01. The Hall–Kier alpha value is -1.35. The Balaban J connectivity index is 3.47. The highest BCUT2D eigenvalue weighted by atomic mass is 16.5. The van der Waals surface area contributed by atoms with Crippen LogP contribution in [0.5, 0.6) is 0 Å². The molecule has 0 fully saturated rings. The van der Waals surface area contributed by atoms with Gasteiger partial charge in [0.05, 0.1) is 12.7 Å². The SMILES string of the molecule is CCOC(=O)C=CC=CCCC=CCCC[C@H](C)O. The van der Waals surface area contributed by atoms with Crippen molar-refractivity contribution < 1.29 is 14.6 Å². The summed E-state index contributed by atoms with van der Waals surface area (Å²) in [5.74, 6) is -0.301. The molecular weight excluding hydrogens is 240 g/mol. The van der Waals surface area contributed by atoms with Gasteiger partial charge in [0.2, 0.25) is 0 Å². The van der Waals surface area contributed by atoms with Gasteiger partial charge in [-0.25, -0.2) is 4.79 Å². The lowest BCUT2D eigenvalue weighted by molar-refractivity contribution is -0.137. The average Bonchev–Trinajstić information content (AvgIpc) is 2.36. The predicted octanol–water partition coefficient (Wildman–Crippen LogP) is 3.55. The zero-order valence-electron chi connectivity index (χ0n) is 12.0. The number of rotatable bonds is 10. The molecule has 0 aliphatic rings. The van der Waals surface area contributed by atoms with Crippen LogP contribution in [0.3, 0.4) is 0 Å². The van der Waals surface area contributed by atoms with Gasteiger partial charge in [-0.15, -0.1) is 0 Å². The molecule has 0 aromatic carbocycles. The Kier molecular flexibility index (Phi) is 12.2. The number of aliphatic hydroxyl groups is 1. The van der Waals surface area contributed by atoms with Gasteiger partial charge in [0.1, 0.15) is 0 Å². The minimum absolute atomic E-state index is 0.192. The zero-order chi connectivity index (χ0) is 14.3. The largest absolute Gasteiger partial charge is 0.463 e. The average molecular weight is 266 g/mol. The van der Waals surface area contributed by atoms with Crippen molar-refractivity contribution in [3.05, 3.63) is 36.5 Å². The smallest absolute Gasteiger partial charge is 0.330 e. The van der Waals surface area contributed by atoms with E-state index in [2.05, 4.69) is 12.2 Å². The van der Waals surface area contributed by atoms with E-state index < -0.39 is 0 Å². The summed E-state index contributed by atoms with van der Waals surface area (Å²) in [5.41, 5.74) is 0. The van der Waals surface area contributed by atoms with E-state index in [1.54, 1.807) is 13.0 Å². The predicted molar refractivity (Wildman–Crippen MR) is 78.8 cm³/mol. The summed E-state index contributed by atoms with van der Waals surface area (Å²) in [4.78, 5) is 11.0. The molecule has 0 bridgehead atoms. The first kappa shape index (κ1) is 17.6. The van der Waals surface area contributed by atoms with Crippen molar-refractivity contribution in [2.75, 3.05) is 6.61 Å². The van der Waals surface area contributed by atoms with E-state index in [1.165, 1.54) is 6.08 Å². The third kappa shape index (κ3) is 14.6. The van der Waals surface area contributed by atoms with E-state index in [4.69, 9.17) is 9.84 Å². The summed E-state index contributed by atoms with van der Waals surface area (Å²) in [6, 6.07) is 0. The maximum Gasteiger partial charge on any atom is 0.330 e. The second kappa shape index (κ2) is 13.1. The van der Waals surface area contributed by atoms with Gasteiger partial charge in [-0.05, 0) is 46.0 Å². The van der Waals surface area contributed by atoms with Crippen molar-refractivity contribution in [2.24, 2.45) is 0 Å². The molecule has 0 rings (SSSR count). The van der Waals surface area contributed by atoms with E-state index in [1.807, 2.05) is 19.1 Å². The molecule has 0 saturated carbocycles. The molecule has 19 heavy (non-hydrogen) atoms. The van der Waals surface area contributed by atoms with E-state index in [9.17, 15) is 4.79 Å². The molecule has 0 heterocycles. The molecule has 1 N–H and O–H groups in total. The molecule has 0 amide bonds. The van der Waals surface area contributed by atoms with Gasteiger partial charge in [-0.1, -0.05) is 30.4 Å². The molecular formula is C16H26O3. The van der Waals surface area contributed by atoms with Gasteiger partial charge >= 0.3 is 5.97 Å². The normalized spacial score (nSPS) is 13.6. The monoisotopic (exact) mass is 266 g/mol. The molecule has 0 radical (unpaired) electrons. The van der Waals surface area contributed by atoms with Crippen LogP contribution < -0.4 is 0 Å². The van der Waals surface area contributed by atoms with E-state index in [0.717, 1.165) is 32.1 Å². The molecule has 3 nitrogen and oxygen atoms in total. The highest BCUT2D eigenvalue weighted by Crippen LogP contribution is 2.02. The van der Waals surface area contributed by atoms with Crippen LogP contribution in [0.1, 0.15) is 46.0 Å². The molecule has 0 aliphatic heterocycles. The fourth-order valence-electron chi connectivity index (χ4n) is 1.46. The minimum atomic E-state index is -0.301. The number of aliphatic hydroxyl groups excluding tert-OH is 1. The first-order chi connectivity index (χ1) is 9.16. The quantitative estimate of drug-likeness (QED) is 0.216. The third-order valence-corrected chi connectivity index (χ3v) is 2.43. The van der Waals surface area contributed by atoms with Gasteiger partial charge in [0.15, 0.2) is 0 Å². The second-order valence-corrected chi connectivity index (χ2v) is 4.37. The van der Waals surface area contributed by atoms with Gasteiger partial charge < -0.3 is 9.84 Å². The van der Waals surface area contributed by atoms with Crippen LogP contribution in [0.4, 0.5) is 0 Å². The molecule has 0 unspecified atom stereocenters. The van der Waals surface area contributed by atoms with Crippen molar-refractivity contribution in [2.45, 2.75) is 52.1 Å². The Morgan fingerprint density at radius 1 is 1.16 bits per heavy atom. The molecule has 3 heteroatoms. The van der Waals surface area contributed by atoms with Crippen molar-refractivity contribution in [1.29, 1.82) is 0 Å². The van der Waals surface area contributed by atoms with Crippen LogP contribution in [0, 0.1) is 0 Å². The second-order valence-electron chi connectivity index (χ2n) is 4.37. The molecule has 108 valence electrons. The van der Waals surface area contributed by atoms with Gasteiger partial charge in [0, 0.05) is 6.08 Å². The lowest BCUT2D eigenvalue weighted by Crippen LogP contribution is -1.98. The molecule has 0 spiro atoms. The Morgan fingerprint density at radius 2 is 1.84 bits per heavy atom. The number of hydrogen-bond acceptors (Lipinski definition) is 3. The highest BCUT2D eigenvalue weighted by Gasteiger charge is 1.92. The summed E-state index contributed by atoms with van der Waals surface area (Å²) in [7, 11) is 0. The first-order valence-corrected chi connectivity index (χ1v) is 6.99. The maximum absolute atomic E-state index is 11.0. The topological polar surface area (TPSA) is 46.5 Å². The van der Waals surface area contributed by atoms with Gasteiger partial charge in [-0.2, -0.15) is 0 Å². The number of ether oxygens (including phenoxy) is 1. The zero-order valence-corrected chi connectivity index (χ0v) is 12.0. The van der Waals surface area contributed by atoms with Crippen LogP contribution in [-0.2, 0) is 9.53 Å². The summed E-state index contributed by atoms with van der Waals surface area (Å²) in [5, 5.41) is 9.08. The number of esters is 1. The third-order valence-electron chi connectivity index (χ3n) is 2.43. The minimum Gasteiger partial charge on any atom is -0.463 e. The van der Waals surface area contributed by atoms with E-state index in [0.29, 0.717) is 6.61 Å². The number of unbranched alkanes of at least 4 members (excludes halogenated alkanes) is 2. The summed E-state index contributed by atoms with van der Waals surface area (Å²) >= 11 is 0. The molecule has 1 atom stereocenters. The molecule has 0 aromatic rings. The van der Waals surface area contributed by atoms with Crippen LogP contribution in [0.2, 0.25) is 0 Å². The number of carbonyl (C=O) groups excluding carboxylic acids is 1.